The molecule has 0 radical (unpaired) electrons. The van der Waals surface area contributed by atoms with Crippen LogP contribution in [0.3, 0.4) is 0 Å². The van der Waals surface area contributed by atoms with Gasteiger partial charge < -0.3 is 4.74 Å². The van der Waals surface area contributed by atoms with Crippen LogP contribution in [-0.4, -0.2) is 13.2 Å². The minimum Gasteiger partial charge on any atom is -0.494 e. The highest BCUT2D eigenvalue weighted by atomic mass is 16.5. The number of hydrogen-bond acceptors (Lipinski definition) is 3. The molecule has 5 nitrogen and oxygen atoms in total. The Morgan fingerprint density at radius 2 is 2.12 bits per heavy atom. The first kappa shape index (κ1) is 11.9. The van der Waals surface area contributed by atoms with Gasteiger partial charge in [0.15, 0.2) is 0 Å². The van der Waals surface area contributed by atoms with Crippen LogP contribution in [0.1, 0.15) is 12.0 Å². The smallest absolute Gasteiger partial charge is 0.119 e. The fourth-order valence-electron chi connectivity index (χ4n) is 1.16. The van der Waals surface area contributed by atoms with Crippen LogP contribution in [0.5, 0.6) is 5.75 Å². The summed E-state index contributed by atoms with van der Waals surface area (Å²) in [6, 6.07) is 9.48. The van der Waals surface area contributed by atoms with Crippen molar-refractivity contribution in [2.75, 3.05) is 13.2 Å². The SMILES string of the molecule is N#CCc1ccc(OCCCN=[N+]=[N-])cc1. The van der Waals surface area contributed by atoms with E-state index in [1.807, 2.05) is 24.3 Å². The third kappa shape index (κ3) is 4.36. The third-order valence-electron chi connectivity index (χ3n) is 1.94. The maximum absolute atomic E-state index is 8.49. The standard InChI is InChI=1S/C11H12N4O/c12-7-6-10-2-4-11(5-3-10)16-9-1-8-14-15-13/h2-5H,1,6,8-9H2. The van der Waals surface area contributed by atoms with E-state index >= 15 is 0 Å². The molecule has 0 aliphatic rings. The Morgan fingerprint density at radius 1 is 1.38 bits per heavy atom. The average molecular weight is 216 g/mol. The second-order valence-electron chi connectivity index (χ2n) is 3.14. The van der Waals surface area contributed by atoms with Gasteiger partial charge in [0.25, 0.3) is 0 Å². The van der Waals surface area contributed by atoms with E-state index in [2.05, 4.69) is 16.1 Å². The maximum atomic E-state index is 8.49. The van der Waals surface area contributed by atoms with Gasteiger partial charge in [-0.3, -0.25) is 0 Å². The quantitative estimate of drug-likeness (QED) is 0.317. The minimum absolute atomic E-state index is 0.414. The van der Waals surface area contributed by atoms with Crippen molar-refractivity contribution in [3.8, 4) is 11.8 Å². The molecule has 0 unspecified atom stereocenters. The van der Waals surface area contributed by atoms with E-state index in [1.54, 1.807) is 0 Å². The molecule has 16 heavy (non-hydrogen) atoms. The Kier molecular flexibility index (Phi) is 5.32. The zero-order valence-corrected chi connectivity index (χ0v) is 8.83. The monoisotopic (exact) mass is 216 g/mol. The van der Waals surface area contributed by atoms with Gasteiger partial charge in [0.2, 0.25) is 0 Å². The number of rotatable bonds is 6. The van der Waals surface area contributed by atoms with Gasteiger partial charge in [0, 0.05) is 11.5 Å². The largest absolute Gasteiger partial charge is 0.494 e. The lowest BCUT2D eigenvalue weighted by molar-refractivity contribution is 0.313. The number of benzene rings is 1. The summed E-state index contributed by atoms with van der Waals surface area (Å²) >= 11 is 0. The van der Waals surface area contributed by atoms with Crippen LogP contribution in [0.4, 0.5) is 0 Å². The molecule has 0 bridgehead atoms. The minimum atomic E-state index is 0.414. The van der Waals surface area contributed by atoms with Gasteiger partial charge in [0.05, 0.1) is 19.1 Å². The highest BCUT2D eigenvalue weighted by molar-refractivity contribution is 5.28. The Morgan fingerprint density at radius 3 is 2.75 bits per heavy atom. The fourth-order valence-corrected chi connectivity index (χ4v) is 1.16. The first-order valence-corrected chi connectivity index (χ1v) is 4.96. The third-order valence-corrected chi connectivity index (χ3v) is 1.94. The summed E-state index contributed by atoms with van der Waals surface area (Å²) < 4.78 is 5.42. The predicted molar refractivity (Wildman–Crippen MR) is 59.9 cm³/mol. The van der Waals surface area contributed by atoms with Gasteiger partial charge in [-0.1, -0.05) is 17.2 Å². The molecule has 0 N–H and O–H groups in total. The molecule has 5 heteroatoms. The molecular weight excluding hydrogens is 204 g/mol. The van der Waals surface area contributed by atoms with Crippen LogP contribution in [0.2, 0.25) is 0 Å². The van der Waals surface area contributed by atoms with E-state index in [0.29, 0.717) is 26.0 Å². The molecule has 1 rings (SSSR count). The van der Waals surface area contributed by atoms with Crippen LogP contribution < -0.4 is 4.74 Å². The van der Waals surface area contributed by atoms with E-state index in [4.69, 9.17) is 15.5 Å². The molecule has 0 heterocycles. The van der Waals surface area contributed by atoms with Gasteiger partial charge in [-0.2, -0.15) is 5.26 Å². The Hall–Kier alpha value is -2.18. The highest BCUT2D eigenvalue weighted by Gasteiger charge is 1.94. The van der Waals surface area contributed by atoms with Crippen LogP contribution in [0, 0.1) is 11.3 Å². The van der Waals surface area contributed by atoms with E-state index in [-0.39, 0.29) is 0 Å². The molecule has 82 valence electrons. The van der Waals surface area contributed by atoms with Gasteiger partial charge in [-0.05, 0) is 29.6 Å². The predicted octanol–water partition coefficient (Wildman–Crippen LogP) is 2.83. The number of ether oxygens (including phenoxy) is 1. The Labute approximate surface area is 93.9 Å². The van der Waals surface area contributed by atoms with E-state index in [9.17, 15) is 0 Å². The molecule has 0 aromatic heterocycles. The molecule has 0 aliphatic heterocycles. The molecule has 1 aromatic carbocycles. The molecule has 0 spiro atoms. The number of nitriles is 1. The summed E-state index contributed by atoms with van der Waals surface area (Å²) in [4.78, 5) is 2.65. The topological polar surface area (TPSA) is 81.8 Å². The van der Waals surface area contributed by atoms with E-state index < -0.39 is 0 Å². The van der Waals surface area contributed by atoms with Crippen LogP contribution in [0.25, 0.3) is 10.4 Å². The summed E-state index contributed by atoms with van der Waals surface area (Å²) in [5.41, 5.74) is 9.03. The molecule has 0 fully saturated rings. The first-order valence-electron chi connectivity index (χ1n) is 4.96. The molecule has 0 saturated carbocycles. The normalized spacial score (nSPS) is 8.94. The van der Waals surface area contributed by atoms with Crippen molar-refractivity contribution in [1.29, 1.82) is 5.26 Å². The van der Waals surface area contributed by atoms with Crippen molar-refractivity contribution in [2.45, 2.75) is 12.8 Å². The lowest BCUT2D eigenvalue weighted by Gasteiger charge is -2.04. The average Bonchev–Trinajstić information content (AvgIpc) is 2.31. The zero-order valence-electron chi connectivity index (χ0n) is 8.83. The van der Waals surface area contributed by atoms with Gasteiger partial charge in [-0.15, -0.1) is 0 Å². The second-order valence-corrected chi connectivity index (χ2v) is 3.14. The summed E-state index contributed by atoms with van der Waals surface area (Å²) in [7, 11) is 0. The summed E-state index contributed by atoms with van der Waals surface area (Å²) in [5, 5.41) is 11.9. The first-order chi connectivity index (χ1) is 7.86. The summed E-state index contributed by atoms with van der Waals surface area (Å²) in [6.07, 6.45) is 1.11. The van der Waals surface area contributed by atoms with Crippen molar-refractivity contribution in [3.63, 3.8) is 0 Å². The summed E-state index contributed by atoms with van der Waals surface area (Å²) in [6.45, 7) is 0.972. The summed E-state index contributed by atoms with van der Waals surface area (Å²) in [5.74, 6) is 0.766. The lowest BCUT2D eigenvalue weighted by atomic mass is 10.2. The van der Waals surface area contributed by atoms with Gasteiger partial charge in [0.1, 0.15) is 5.75 Å². The molecule has 0 aliphatic carbocycles. The number of azide groups is 1. The van der Waals surface area contributed by atoms with E-state index in [0.717, 1.165) is 11.3 Å². The Balaban J connectivity index is 2.32. The van der Waals surface area contributed by atoms with Gasteiger partial charge in [-0.25, -0.2) is 0 Å². The van der Waals surface area contributed by atoms with Crippen molar-refractivity contribution >= 4 is 0 Å². The number of hydrogen-bond donors (Lipinski definition) is 0. The molecule has 1 aromatic rings. The molecule has 0 saturated heterocycles. The van der Waals surface area contributed by atoms with Crippen molar-refractivity contribution in [2.24, 2.45) is 5.11 Å². The molecular formula is C11H12N4O. The molecule has 0 amide bonds. The van der Waals surface area contributed by atoms with Crippen molar-refractivity contribution in [1.82, 2.24) is 0 Å². The van der Waals surface area contributed by atoms with Crippen LogP contribution in [-0.2, 0) is 6.42 Å². The second kappa shape index (κ2) is 7.16. The van der Waals surface area contributed by atoms with Crippen LogP contribution in [0.15, 0.2) is 29.4 Å². The van der Waals surface area contributed by atoms with Gasteiger partial charge >= 0.3 is 0 Å². The van der Waals surface area contributed by atoms with E-state index in [1.165, 1.54) is 0 Å². The highest BCUT2D eigenvalue weighted by Crippen LogP contribution is 2.12. The maximum Gasteiger partial charge on any atom is 0.119 e. The lowest BCUT2D eigenvalue weighted by Crippen LogP contribution is -1.98. The Bertz CT molecular complexity index is 401. The van der Waals surface area contributed by atoms with Crippen molar-refractivity contribution < 1.29 is 4.74 Å². The molecule has 0 atom stereocenters. The van der Waals surface area contributed by atoms with Crippen molar-refractivity contribution in [3.05, 3.63) is 40.3 Å². The number of nitrogens with zero attached hydrogens (tertiary/aromatic N) is 4. The fraction of sp³-hybridized carbons (Fsp3) is 0.364. The van der Waals surface area contributed by atoms with Crippen LogP contribution >= 0.6 is 0 Å². The zero-order chi connectivity index (χ0) is 11.6.